The molecule has 0 saturated heterocycles. The SMILES string of the molecule is CCOc1cc(COc2ccc(/C=C(/C#N)C(=O)Nc3ccc(C(=O)OC)cc3)cc2)ccc1OCc1ccccc1. The van der Waals surface area contributed by atoms with Gasteiger partial charge in [0.05, 0.1) is 19.3 Å². The van der Waals surface area contributed by atoms with Gasteiger partial charge in [0, 0.05) is 5.69 Å². The van der Waals surface area contributed by atoms with E-state index in [9.17, 15) is 14.9 Å². The molecule has 0 atom stereocenters. The lowest BCUT2D eigenvalue weighted by Gasteiger charge is -2.14. The molecule has 0 fully saturated rings. The van der Waals surface area contributed by atoms with Crippen molar-refractivity contribution in [2.45, 2.75) is 20.1 Å². The summed E-state index contributed by atoms with van der Waals surface area (Å²) in [5.41, 5.74) is 3.37. The average molecular weight is 563 g/mol. The largest absolute Gasteiger partial charge is 0.490 e. The van der Waals surface area contributed by atoms with Crippen molar-refractivity contribution >= 4 is 23.6 Å². The summed E-state index contributed by atoms with van der Waals surface area (Å²) in [5, 5.41) is 12.2. The number of nitriles is 1. The number of methoxy groups -OCH3 is 1. The molecule has 8 nitrogen and oxygen atoms in total. The maximum absolute atomic E-state index is 12.6. The van der Waals surface area contributed by atoms with Crippen LogP contribution >= 0.6 is 0 Å². The zero-order chi connectivity index (χ0) is 29.7. The highest BCUT2D eigenvalue weighted by Crippen LogP contribution is 2.30. The summed E-state index contributed by atoms with van der Waals surface area (Å²) in [7, 11) is 1.29. The lowest BCUT2D eigenvalue weighted by molar-refractivity contribution is -0.112. The summed E-state index contributed by atoms with van der Waals surface area (Å²) in [5.74, 6) is 0.899. The lowest BCUT2D eigenvalue weighted by atomic mass is 10.1. The number of carbonyl (C=O) groups is 2. The zero-order valence-electron chi connectivity index (χ0n) is 23.3. The molecule has 42 heavy (non-hydrogen) atoms. The molecule has 8 heteroatoms. The van der Waals surface area contributed by atoms with E-state index >= 15 is 0 Å². The molecule has 212 valence electrons. The van der Waals surface area contributed by atoms with Crippen LogP contribution in [0.25, 0.3) is 6.08 Å². The van der Waals surface area contributed by atoms with Crippen molar-refractivity contribution in [2.75, 3.05) is 19.0 Å². The monoisotopic (exact) mass is 562 g/mol. The van der Waals surface area contributed by atoms with Gasteiger partial charge in [0.2, 0.25) is 0 Å². The summed E-state index contributed by atoms with van der Waals surface area (Å²) in [6, 6.07) is 30.8. The first-order chi connectivity index (χ1) is 20.5. The van der Waals surface area contributed by atoms with Crippen molar-refractivity contribution in [3.63, 3.8) is 0 Å². The number of nitrogens with zero attached hydrogens (tertiary/aromatic N) is 1. The van der Waals surface area contributed by atoms with Crippen LogP contribution in [0.5, 0.6) is 17.2 Å². The van der Waals surface area contributed by atoms with E-state index in [1.54, 1.807) is 36.4 Å². The Bertz CT molecular complexity index is 1570. The molecule has 1 amide bonds. The van der Waals surface area contributed by atoms with Gasteiger partial charge in [-0.1, -0.05) is 48.5 Å². The van der Waals surface area contributed by atoms with Gasteiger partial charge in [-0.05, 0) is 78.2 Å². The van der Waals surface area contributed by atoms with Crippen LogP contribution < -0.4 is 19.5 Å². The number of esters is 1. The minimum atomic E-state index is -0.565. The van der Waals surface area contributed by atoms with Crippen molar-refractivity contribution < 1.29 is 28.5 Å². The third-order valence-corrected chi connectivity index (χ3v) is 6.07. The first-order valence-corrected chi connectivity index (χ1v) is 13.3. The third-order valence-electron chi connectivity index (χ3n) is 6.07. The fourth-order valence-electron chi connectivity index (χ4n) is 3.91. The molecular formula is C34H30N2O6. The van der Waals surface area contributed by atoms with Crippen LogP contribution in [0.1, 0.15) is 34.0 Å². The van der Waals surface area contributed by atoms with E-state index in [1.165, 1.54) is 25.3 Å². The molecule has 0 radical (unpaired) electrons. The van der Waals surface area contributed by atoms with Gasteiger partial charge in [-0.25, -0.2) is 4.79 Å². The normalized spacial score (nSPS) is 10.7. The maximum Gasteiger partial charge on any atom is 0.337 e. The Morgan fingerprint density at radius 1 is 0.810 bits per heavy atom. The van der Waals surface area contributed by atoms with Crippen molar-refractivity contribution in [3.8, 4) is 23.3 Å². The molecule has 0 aliphatic carbocycles. The minimum absolute atomic E-state index is 0.0706. The van der Waals surface area contributed by atoms with Gasteiger partial charge in [-0.3, -0.25) is 4.79 Å². The number of carbonyl (C=O) groups excluding carboxylic acids is 2. The standard InChI is InChI=1S/C34H30N2O6/c1-3-40-32-20-26(11-18-31(32)42-22-25-7-5-4-6-8-25)23-41-30-16-9-24(10-17-30)19-28(21-35)33(37)36-29-14-12-27(13-15-29)34(38)39-2/h4-20H,3,22-23H2,1-2H3,(H,36,37)/b28-19-. The Morgan fingerprint density at radius 2 is 1.52 bits per heavy atom. The van der Waals surface area contributed by atoms with Crippen LogP contribution in [0, 0.1) is 11.3 Å². The van der Waals surface area contributed by atoms with E-state index in [0.29, 0.717) is 53.9 Å². The number of rotatable bonds is 12. The summed E-state index contributed by atoms with van der Waals surface area (Å²) < 4.78 is 22.4. The molecule has 0 unspecified atom stereocenters. The quantitative estimate of drug-likeness (QED) is 0.118. The highest BCUT2D eigenvalue weighted by Gasteiger charge is 2.12. The van der Waals surface area contributed by atoms with E-state index < -0.39 is 11.9 Å². The van der Waals surface area contributed by atoms with Gasteiger partial charge >= 0.3 is 5.97 Å². The fraction of sp³-hybridized carbons (Fsp3) is 0.147. The second kappa shape index (κ2) is 14.7. The minimum Gasteiger partial charge on any atom is -0.490 e. The zero-order valence-corrected chi connectivity index (χ0v) is 23.3. The Labute approximate surface area is 244 Å². The van der Waals surface area contributed by atoms with E-state index in [-0.39, 0.29) is 5.57 Å². The molecule has 4 rings (SSSR count). The van der Waals surface area contributed by atoms with Crippen molar-refractivity contribution in [1.82, 2.24) is 0 Å². The van der Waals surface area contributed by atoms with Crippen LogP contribution in [-0.4, -0.2) is 25.6 Å². The molecular weight excluding hydrogens is 532 g/mol. The predicted molar refractivity (Wildman–Crippen MR) is 159 cm³/mol. The first kappa shape index (κ1) is 29.4. The Morgan fingerprint density at radius 3 is 2.19 bits per heavy atom. The van der Waals surface area contributed by atoms with E-state index in [0.717, 1.165) is 11.1 Å². The summed E-state index contributed by atoms with van der Waals surface area (Å²) in [4.78, 5) is 24.2. The van der Waals surface area contributed by atoms with Crippen molar-refractivity contribution in [2.24, 2.45) is 0 Å². The number of amides is 1. The van der Waals surface area contributed by atoms with Gasteiger partial charge in [0.1, 0.15) is 30.6 Å². The molecule has 0 bridgehead atoms. The van der Waals surface area contributed by atoms with Gasteiger partial charge in [0.15, 0.2) is 11.5 Å². The molecule has 0 spiro atoms. The van der Waals surface area contributed by atoms with Crippen LogP contribution in [0.3, 0.4) is 0 Å². The van der Waals surface area contributed by atoms with Gasteiger partial charge < -0.3 is 24.3 Å². The molecule has 4 aromatic carbocycles. The van der Waals surface area contributed by atoms with Gasteiger partial charge in [-0.15, -0.1) is 0 Å². The topological polar surface area (TPSA) is 107 Å². The van der Waals surface area contributed by atoms with E-state index in [2.05, 4.69) is 10.1 Å². The lowest BCUT2D eigenvalue weighted by Crippen LogP contribution is -2.13. The average Bonchev–Trinajstić information content (AvgIpc) is 3.03. The molecule has 1 N–H and O–H groups in total. The second-order valence-corrected chi connectivity index (χ2v) is 9.04. The van der Waals surface area contributed by atoms with Crippen LogP contribution in [0.15, 0.2) is 103 Å². The Balaban J connectivity index is 1.35. The molecule has 0 aromatic heterocycles. The van der Waals surface area contributed by atoms with Crippen LogP contribution in [0.4, 0.5) is 5.69 Å². The van der Waals surface area contributed by atoms with Crippen molar-refractivity contribution in [3.05, 3.63) is 125 Å². The molecule has 0 aliphatic heterocycles. The van der Waals surface area contributed by atoms with E-state index in [1.807, 2.05) is 61.5 Å². The number of nitrogens with one attached hydrogen (secondary N) is 1. The Kier molecular flexibility index (Phi) is 10.3. The summed E-state index contributed by atoms with van der Waals surface area (Å²) >= 11 is 0. The number of hydrogen-bond acceptors (Lipinski definition) is 7. The fourth-order valence-corrected chi connectivity index (χ4v) is 3.91. The highest BCUT2D eigenvalue weighted by molar-refractivity contribution is 6.09. The second-order valence-electron chi connectivity index (χ2n) is 9.04. The maximum atomic E-state index is 12.6. The van der Waals surface area contributed by atoms with E-state index in [4.69, 9.17) is 14.2 Å². The third kappa shape index (κ3) is 8.23. The number of anilines is 1. The smallest absolute Gasteiger partial charge is 0.337 e. The summed E-state index contributed by atoms with van der Waals surface area (Å²) in [6.45, 7) is 3.18. The van der Waals surface area contributed by atoms with Gasteiger partial charge in [0.25, 0.3) is 5.91 Å². The number of ether oxygens (including phenoxy) is 4. The Hall–Kier alpha value is -5.55. The highest BCUT2D eigenvalue weighted by atomic mass is 16.5. The predicted octanol–water partition coefficient (Wildman–Crippen LogP) is 6.58. The van der Waals surface area contributed by atoms with Crippen LogP contribution in [-0.2, 0) is 22.7 Å². The van der Waals surface area contributed by atoms with Gasteiger partial charge in [-0.2, -0.15) is 5.26 Å². The summed E-state index contributed by atoms with van der Waals surface area (Å²) in [6.07, 6.45) is 1.49. The molecule has 0 aliphatic rings. The number of benzene rings is 4. The molecule has 0 saturated carbocycles. The first-order valence-electron chi connectivity index (χ1n) is 13.3. The van der Waals surface area contributed by atoms with Crippen molar-refractivity contribution in [1.29, 1.82) is 5.26 Å². The number of hydrogen-bond donors (Lipinski definition) is 1. The van der Waals surface area contributed by atoms with Crippen LogP contribution in [0.2, 0.25) is 0 Å². The molecule has 0 heterocycles. The molecule has 4 aromatic rings.